The molecule has 2 rings (SSSR count). The third-order valence-electron chi connectivity index (χ3n) is 1.73. The summed E-state index contributed by atoms with van der Waals surface area (Å²) in [6.45, 7) is 3.92. The summed E-state index contributed by atoms with van der Waals surface area (Å²) in [4.78, 5) is 8.72. The highest BCUT2D eigenvalue weighted by molar-refractivity contribution is 7.14. The van der Waals surface area contributed by atoms with E-state index in [9.17, 15) is 0 Å². The lowest BCUT2D eigenvalue weighted by molar-refractivity contribution is 0.723. The molecule has 2 aromatic rings. The molecule has 2 heterocycles. The van der Waals surface area contributed by atoms with Gasteiger partial charge in [-0.15, -0.1) is 22.7 Å². The molecule has 2 aromatic heterocycles. The van der Waals surface area contributed by atoms with E-state index in [1.54, 1.807) is 22.7 Å². The summed E-state index contributed by atoms with van der Waals surface area (Å²) < 4.78 is 0. The number of thiazole rings is 2. The summed E-state index contributed by atoms with van der Waals surface area (Å²) in [6, 6.07) is 0. The molecule has 0 radical (unpaired) electrons. The van der Waals surface area contributed by atoms with E-state index in [-0.39, 0.29) is 0 Å². The number of rotatable bonds is 4. The Morgan fingerprint density at radius 2 is 2.36 bits per heavy atom. The highest BCUT2D eigenvalue weighted by Crippen LogP contribution is 2.23. The lowest BCUT2D eigenvalue weighted by atomic mass is 10.5. The second-order valence-corrected chi connectivity index (χ2v) is 4.58. The fourth-order valence-electron chi connectivity index (χ4n) is 1.07. The van der Waals surface area contributed by atoms with Crippen molar-refractivity contribution in [1.82, 2.24) is 15.3 Å². The van der Waals surface area contributed by atoms with Gasteiger partial charge in [0.2, 0.25) is 0 Å². The zero-order chi connectivity index (χ0) is 9.80. The highest BCUT2D eigenvalue weighted by Gasteiger charge is 2.05. The number of hydrogen-bond acceptors (Lipinski definition) is 5. The van der Waals surface area contributed by atoms with Crippen LogP contribution in [0, 0.1) is 0 Å². The zero-order valence-electron chi connectivity index (χ0n) is 7.86. The molecule has 14 heavy (non-hydrogen) atoms. The van der Waals surface area contributed by atoms with Gasteiger partial charge in [0, 0.05) is 23.5 Å². The normalized spacial score (nSPS) is 10.6. The minimum absolute atomic E-state index is 0.854. The number of hydrogen-bond donors (Lipinski definition) is 1. The largest absolute Gasteiger partial charge is 0.311 e. The van der Waals surface area contributed by atoms with Crippen LogP contribution >= 0.6 is 22.7 Å². The van der Waals surface area contributed by atoms with Gasteiger partial charge in [0.15, 0.2) is 0 Å². The first-order valence-corrected chi connectivity index (χ1v) is 6.21. The van der Waals surface area contributed by atoms with Gasteiger partial charge in [-0.25, -0.2) is 9.97 Å². The maximum absolute atomic E-state index is 4.49. The van der Waals surface area contributed by atoms with Crippen LogP contribution in [0.3, 0.4) is 0 Å². The van der Waals surface area contributed by atoms with Crippen LogP contribution in [0.5, 0.6) is 0 Å². The minimum atomic E-state index is 0.854. The number of nitrogens with zero attached hydrogens (tertiary/aromatic N) is 2. The Balaban J connectivity index is 2.10. The first kappa shape index (κ1) is 9.76. The summed E-state index contributed by atoms with van der Waals surface area (Å²) in [5.74, 6) is 0. The first-order valence-electron chi connectivity index (χ1n) is 4.45. The molecule has 0 aliphatic rings. The van der Waals surface area contributed by atoms with Crippen LogP contribution in [0.25, 0.3) is 10.7 Å². The Labute approximate surface area is 90.9 Å². The lowest BCUT2D eigenvalue weighted by Gasteiger charge is -1.94. The van der Waals surface area contributed by atoms with Crippen LogP contribution < -0.4 is 5.32 Å². The molecule has 0 atom stereocenters. The molecule has 0 bridgehead atoms. The average Bonchev–Trinajstić information content (AvgIpc) is 2.85. The maximum Gasteiger partial charge on any atom is 0.142 e. The Kier molecular flexibility index (Phi) is 3.23. The molecule has 0 saturated heterocycles. The van der Waals surface area contributed by atoms with Crippen LogP contribution in [0.2, 0.25) is 0 Å². The standard InChI is InChI=1S/C9H11N3S2/c1-2-10-5-8-12-7(6-14-8)9-11-3-4-13-9/h3-4,6,10H,2,5H2,1H3. The maximum atomic E-state index is 4.49. The fraction of sp³-hybridized carbons (Fsp3) is 0.333. The summed E-state index contributed by atoms with van der Waals surface area (Å²) in [7, 11) is 0. The predicted octanol–water partition coefficient (Wildman–Crippen LogP) is 2.38. The molecular weight excluding hydrogens is 214 g/mol. The lowest BCUT2D eigenvalue weighted by Crippen LogP contribution is -2.11. The molecule has 0 aliphatic carbocycles. The van der Waals surface area contributed by atoms with Crippen LogP contribution in [-0.4, -0.2) is 16.5 Å². The second-order valence-electron chi connectivity index (χ2n) is 2.74. The van der Waals surface area contributed by atoms with E-state index in [0.717, 1.165) is 28.8 Å². The van der Waals surface area contributed by atoms with E-state index in [2.05, 4.69) is 27.6 Å². The molecule has 0 amide bonds. The van der Waals surface area contributed by atoms with Crippen molar-refractivity contribution < 1.29 is 0 Å². The SMILES string of the molecule is CCNCc1nc(-c2nccs2)cs1. The highest BCUT2D eigenvalue weighted by atomic mass is 32.1. The van der Waals surface area contributed by atoms with Gasteiger partial charge in [-0.3, -0.25) is 0 Å². The first-order chi connectivity index (χ1) is 6.90. The van der Waals surface area contributed by atoms with Crippen molar-refractivity contribution in [3.05, 3.63) is 22.0 Å². The van der Waals surface area contributed by atoms with Crippen LogP contribution in [0.1, 0.15) is 11.9 Å². The van der Waals surface area contributed by atoms with Crippen molar-refractivity contribution in [2.75, 3.05) is 6.54 Å². The molecule has 0 saturated carbocycles. The molecule has 1 N–H and O–H groups in total. The van der Waals surface area contributed by atoms with Gasteiger partial charge >= 0.3 is 0 Å². The molecule has 3 nitrogen and oxygen atoms in total. The van der Waals surface area contributed by atoms with E-state index in [1.165, 1.54) is 0 Å². The van der Waals surface area contributed by atoms with E-state index in [0.29, 0.717) is 0 Å². The third-order valence-corrected chi connectivity index (χ3v) is 3.37. The molecule has 0 aliphatic heterocycles. The van der Waals surface area contributed by atoms with Gasteiger partial charge in [-0.1, -0.05) is 6.92 Å². The Morgan fingerprint density at radius 3 is 3.07 bits per heavy atom. The monoisotopic (exact) mass is 225 g/mol. The van der Waals surface area contributed by atoms with E-state index in [1.807, 2.05) is 11.6 Å². The smallest absolute Gasteiger partial charge is 0.142 e. The summed E-state index contributed by atoms with van der Waals surface area (Å²) in [6.07, 6.45) is 1.81. The van der Waals surface area contributed by atoms with Crippen LogP contribution in [-0.2, 0) is 6.54 Å². The fourth-order valence-corrected chi connectivity index (χ4v) is 2.49. The van der Waals surface area contributed by atoms with Crippen molar-refractivity contribution in [1.29, 1.82) is 0 Å². The van der Waals surface area contributed by atoms with Crippen molar-refractivity contribution in [3.8, 4) is 10.7 Å². The van der Waals surface area contributed by atoms with Gasteiger partial charge in [0.05, 0.1) is 0 Å². The van der Waals surface area contributed by atoms with Gasteiger partial charge in [0.1, 0.15) is 15.7 Å². The van der Waals surface area contributed by atoms with Gasteiger partial charge in [-0.2, -0.15) is 0 Å². The summed E-state index contributed by atoms with van der Waals surface area (Å²) in [5, 5.41) is 9.41. The van der Waals surface area contributed by atoms with Crippen molar-refractivity contribution in [2.45, 2.75) is 13.5 Å². The number of aromatic nitrogens is 2. The van der Waals surface area contributed by atoms with Gasteiger partial charge < -0.3 is 5.32 Å². The van der Waals surface area contributed by atoms with Crippen LogP contribution in [0.4, 0.5) is 0 Å². The Morgan fingerprint density at radius 1 is 1.43 bits per heavy atom. The summed E-state index contributed by atoms with van der Waals surface area (Å²) in [5.41, 5.74) is 0.998. The minimum Gasteiger partial charge on any atom is -0.311 e. The van der Waals surface area contributed by atoms with Crippen LogP contribution in [0.15, 0.2) is 17.0 Å². The Bertz CT molecular complexity index is 380. The van der Waals surface area contributed by atoms with Crippen molar-refractivity contribution in [3.63, 3.8) is 0 Å². The molecule has 0 fully saturated rings. The molecule has 0 aromatic carbocycles. The van der Waals surface area contributed by atoms with E-state index >= 15 is 0 Å². The average molecular weight is 225 g/mol. The zero-order valence-corrected chi connectivity index (χ0v) is 9.49. The van der Waals surface area contributed by atoms with Gasteiger partial charge in [-0.05, 0) is 6.54 Å². The summed E-state index contributed by atoms with van der Waals surface area (Å²) >= 11 is 3.31. The third kappa shape index (κ3) is 2.17. The predicted molar refractivity (Wildman–Crippen MR) is 60.6 cm³/mol. The molecule has 5 heteroatoms. The van der Waals surface area contributed by atoms with E-state index in [4.69, 9.17) is 0 Å². The molecule has 0 spiro atoms. The molecule has 74 valence electrons. The van der Waals surface area contributed by atoms with Crippen molar-refractivity contribution >= 4 is 22.7 Å². The number of nitrogens with one attached hydrogen (secondary N) is 1. The van der Waals surface area contributed by atoms with E-state index < -0.39 is 0 Å². The molecular formula is C9H11N3S2. The van der Waals surface area contributed by atoms with Crippen molar-refractivity contribution in [2.24, 2.45) is 0 Å². The topological polar surface area (TPSA) is 37.8 Å². The van der Waals surface area contributed by atoms with Gasteiger partial charge in [0.25, 0.3) is 0 Å². The second kappa shape index (κ2) is 4.63. The molecule has 0 unspecified atom stereocenters. The quantitative estimate of drug-likeness (QED) is 0.868. The Hall–Kier alpha value is -0.780.